The van der Waals surface area contributed by atoms with Crippen LogP contribution >= 0.6 is 11.3 Å². The normalized spacial score (nSPS) is 14.4. The van der Waals surface area contributed by atoms with E-state index in [1.165, 1.54) is 11.3 Å². The maximum absolute atomic E-state index is 12.1. The first-order valence-corrected chi connectivity index (χ1v) is 8.94. The van der Waals surface area contributed by atoms with Crippen LogP contribution in [-0.2, 0) is 16.0 Å². The number of aryl methyl sites for hydroxylation is 1. The predicted octanol–water partition coefficient (Wildman–Crippen LogP) is 3.20. The van der Waals surface area contributed by atoms with Gasteiger partial charge in [-0.2, -0.15) is 0 Å². The van der Waals surface area contributed by atoms with Crippen LogP contribution in [0.4, 0.5) is 5.13 Å². The second-order valence-corrected chi connectivity index (χ2v) is 6.84. The molecule has 23 heavy (non-hydrogen) atoms. The number of carbonyl (C=O) groups excluding carboxylic acids is 2. The maximum Gasteiger partial charge on any atom is 0.225 e. The zero-order valence-corrected chi connectivity index (χ0v) is 14.1. The highest BCUT2D eigenvalue weighted by Gasteiger charge is 2.17. The molecule has 6 heteroatoms. The minimum Gasteiger partial charge on any atom is -0.343 e. The second kappa shape index (κ2) is 7.08. The molecule has 1 aliphatic heterocycles. The number of nitrogens with zero attached hydrogens (tertiary/aromatic N) is 2. The van der Waals surface area contributed by atoms with Gasteiger partial charge in [-0.15, -0.1) is 0 Å². The third-order valence-electron chi connectivity index (χ3n) is 4.11. The van der Waals surface area contributed by atoms with Gasteiger partial charge < -0.3 is 10.2 Å². The van der Waals surface area contributed by atoms with Crippen LogP contribution in [0, 0.1) is 0 Å². The van der Waals surface area contributed by atoms with Gasteiger partial charge in [0.15, 0.2) is 5.13 Å². The number of thiazole rings is 1. The molecule has 1 N–H and O–H groups in total. The minimum atomic E-state index is -0.0273. The van der Waals surface area contributed by atoms with Crippen molar-refractivity contribution in [2.75, 3.05) is 18.4 Å². The predicted molar refractivity (Wildman–Crippen MR) is 92.7 cm³/mol. The summed E-state index contributed by atoms with van der Waals surface area (Å²) in [4.78, 5) is 29.9. The average Bonchev–Trinajstić information content (AvgIpc) is 3.21. The highest BCUT2D eigenvalue weighted by molar-refractivity contribution is 7.22. The van der Waals surface area contributed by atoms with Gasteiger partial charge in [0.2, 0.25) is 11.8 Å². The molecule has 1 saturated heterocycles. The molecule has 5 nitrogen and oxygen atoms in total. The Kier molecular flexibility index (Phi) is 4.91. The Morgan fingerprint density at radius 3 is 2.83 bits per heavy atom. The Morgan fingerprint density at radius 1 is 1.30 bits per heavy atom. The fourth-order valence-corrected chi connectivity index (χ4v) is 3.71. The molecule has 0 aliphatic carbocycles. The summed E-state index contributed by atoms with van der Waals surface area (Å²) in [6.07, 6.45) is 4.01. The quantitative estimate of drug-likeness (QED) is 0.915. The van der Waals surface area contributed by atoms with Crippen molar-refractivity contribution in [3.05, 3.63) is 23.8 Å². The molecule has 3 rings (SSSR count). The molecule has 122 valence electrons. The van der Waals surface area contributed by atoms with Crippen LogP contribution in [0.5, 0.6) is 0 Å². The first kappa shape index (κ1) is 15.9. The van der Waals surface area contributed by atoms with Crippen LogP contribution in [0.15, 0.2) is 18.2 Å². The third-order valence-corrected chi connectivity index (χ3v) is 5.04. The van der Waals surface area contributed by atoms with Gasteiger partial charge in [-0.1, -0.05) is 24.3 Å². The molecule has 2 aromatic rings. The van der Waals surface area contributed by atoms with E-state index in [2.05, 4.69) is 16.4 Å². The summed E-state index contributed by atoms with van der Waals surface area (Å²) in [6, 6.07) is 6.06. The van der Waals surface area contributed by atoms with Crippen molar-refractivity contribution in [3.63, 3.8) is 0 Å². The lowest BCUT2D eigenvalue weighted by Crippen LogP contribution is -2.27. The number of aromatic nitrogens is 1. The number of rotatable bonds is 5. The van der Waals surface area contributed by atoms with Gasteiger partial charge in [0.25, 0.3) is 0 Å². The van der Waals surface area contributed by atoms with Crippen molar-refractivity contribution in [2.24, 2.45) is 0 Å². The summed E-state index contributed by atoms with van der Waals surface area (Å²) < 4.78 is 1.04. The smallest absolute Gasteiger partial charge is 0.225 e. The molecule has 0 unspecified atom stereocenters. The van der Waals surface area contributed by atoms with E-state index in [-0.39, 0.29) is 11.8 Å². The first-order chi connectivity index (χ1) is 11.2. The standard InChI is InChI=1S/C17H21N3O2S/c1-2-15(21)19-17-18-13-7-5-12(11-14(13)23-17)6-8-16(22)20-9-3-4-10-20/h5,7,11H,2-4,6,8-10H2,1H3,(H,18,19,21). The molecule has 0 radical (unpaired) electrons. The van der Waals surface area contributed by atoms with E-state index in [9.17, 15) is 9.59 Å². The molecular formula is C17H21N3O2S. The Hall–Kier alpha value is -1.95. The van der Waals surface area contributed by atoms with Gasteiger partial charge in [-0.05, 0) is 37.0 Å². The maximum atomic E-state index is 12.1. The Balaban J connectivity index is 1.65. The van der Waals surface area contributed by atoms with Crippen molar-refractivity contribution in [2.45, 2.75) is 39.0 Å². The lowest BCUT2D eigenvalue weighted by Gasteiger charge is -2.14. The van der Waals surface area contributed by atoms with Crippen molar-refractivity contribution < 1.29 is 9.59 Å². The number of hydrogen-bond acceptors (Lipinski definition) is 4. The lowest BCUT2D eigenvalue weighted by molar-refractivity contribution is -0.130. The SMILES string of the molecule is CCC(=O)Nc1nc2ccc(CCC(=O)N3CCCC3)cc2s1. The summed E-state index contributed by atoms with van der Waals surface area (Å²) >= 11 is 1.48. The van der Waals surface area contributed by atoms with Crippen molar-refractivity contribution in [1.82, 2.24) is 9.88 Å². The lowest BCUT2D eigenvalue weighted by atomic mass is 10.1. The summed E-state index contributed by atoms with van der Waals surface area (Å²) in [5.41, 5.74) is 2.03. The van der Waals surface area contributed by atoms with E-state index in [4.69, 9.17) is 0 Å². The summed E-state index contributed by atoms with van der Waals surface area (Å²) in [5, 5.41) is 3.43. The van der Waals surface area contributed by atoms with Crippen LogP contribution in [0.1, 0.15) is 38.2 Å². The Bertz CT molecular complexity index is 720. The molecule has 2 amide bonds. The number of carbonyl (C=O) groups is 2. The molecule has 1 fully saturated rings. The number of nitrogens with one attached hydrogen (secondary N) is 1. The van der Waals surface area contributed by atoms with Crippen LogP contribution in [0.3, 0.4) is 0 Å². The fraction of sp³-hybridized carbons (Fsp3) is 0.471. The largest absolute Gasteiger partial charge is 0.343 e. The highest BCUT2D eigenvalue weighted by Crippen LogP contribution is 2.27. The summed E-state index contributed by atoms with van der Waals surface area (Å²) in [6.45, 7) is 3.64. The van der Waals surface area contributed by atoms with Gasteiger partial charge in [-0.25, -0.2) is 4.98 Å². The molecular weight excluding hydrogens is 310 g/mol. The molecule has 2 heterocycles. The van der Waals surface area contributed by atoms with Crippen LogP contribution in [0.2, 0.25) is 0 Å². The molecule has 0 atom stereocenters. The highest BCUT2D eigenvalue weighted by atomic mass is 32.1. The molecule has 1 aromatic heterocycles. The molecule has 0 bridgehead atoms. The molecule has 1 aromatic carbocycles. The van der Waals surface area contributed by atoms with E-state index >= 15 is 0 Å². The molecule has 0 spiro atoms. The van der Waals surface area contributed by atoms with E-state index in [1.54, 1.807) is 0 Å². The summed E-state index contributed by atoms with van der Waals surface area (Å²) in [5.74, 6) is 0.225. The zero-order valence-electron chi connectivity index (χ0n) is 13.3. The average molecular weight is 331 g/mol. The van der Waals surface area contributed by atoms with E-state index in [0.717, 1.165) is 48.1 Å². The first-order valence-electron chi connectivity index (χ1n) is 8.13. The number of fused-ring (bicyclic) bond motifs is 1. The topological polar surface area (TPSA) is 62.3 Å². The monoisotopic (exact) mass is 331 g/mol. The molecule has 1 aliphatic rings. The van der Waals surface area contributed by atoms with Gasteiger partial charge >= 0.3 is 0 Å². The minimum absolute atomic E-state index is 0.0273. The van der Waals surface area contributed by atoms with Crippen LogP contribution in [-0.4, -0.2) is 34.8 Å². The van der Waals surface area contributed by atoms with Gasteiger partial charge in [0.1, 0.15) is 0 Å². The van der Waals surface area contributed by atoms with E-state index in [0.29, 0.717) is 18.0 Å². The van der Waals surface area contributed by atoms with Crippen LogP contribution < -0.4 is 5.32 Å². The van der Waals surface area contributed by atoms with Gasteiger partial charge in [0, 0.05) is 25.9 Å². The number of hydrogen-bond donors (Lipinski definition) is 1. The fourth-order valence-electron chi connectivity index (χ4n) is 2.76. The van der Waals surface area contributed by atoms with Crippen molar-refractivity contribution >= 4 is 38.5 Å². The van der Waals surface area contributed by atoms with Gasteiger partial charge in [-0.3, -0.25) is 9.59 Å². The Labute approximate surface area is 139 Å². The van der Waals surface area contributed by atoms with Crippen LogP contribution in [0.25, 0.3) is 10.2 Å². The summed E-state index contributed by atoms with van der Waals surface area (Å²) in [7, 11) is 0. The van der Waals surface area contributed by atoms with Crippen molar-refractivity contribution in [3.8, 4) is 0 Å². The molecule has 0 saturated carbocycles. The second-order valence-electron chi connectivity index (χ2n) is 5.81. The number of anilines is 1. The van der Waals surface area contributed by atoms with E-state index in [1.807, 2.05) is 24.0 Å². The Morgan fingerprint density at radius 2 is 2.09 bits per heavy atom. The van der Waals surface area contributed by atoms with Crippen molar-refractivity contribution in [1.29, 1.82) is 0 Å². The van der Waals surface area contributed by atoms with Gasteiger partial charge in [0.05, 0.1) is 10.2 Å². The number of likely N-dealkylation sites (tertiary alicyclic amines) is 1. The number of amides is 2. The third kappa shape index (κ3) is 3.88. The zero-order chi connectivity index (χ0) is 16.2. The van der Waals surface area contributed by atoms with E-state index < -0.39 is 0 Å². The number of benzene rings is 1.